The van der Waals surface area contributed by atoms with E-state index in [2.05, 4.69) is 37.8 Å². The molecule has 0 amide bonds. The van der Waals surface area contributed by atoms with Crippen LogP contribution in [0.5, 0.6) is 0 Å². The molecule has 18 heavy (non-hydrogen) atoms. The van der Waals surface area contributed by atoms with Crippen molar-refractivity contribution in [1.82, 2.24) is 0 Å². The van der Waals surface area contributed by atoms with Gasteiger partial charge in [-0.25, -0.2) is 0 Å². The molecule has 1 aromatic carbocycles. The lowest BCUT2D eigenvalue weighted by Gasteiger charge is -2.31. The van der Waals surface area contributed by atoms with Gasteiger partial charge in [0, 0.05) is 23.8 Å². The molecule has 2 heteroatoms. The van der Waals surface area contributed by atoms with E-state index in [1.807, 2.05) is 19.1 Å². The van der Waals surface area contributed by atoms with Crippen LogP contribution in [0.1, 0.15) is 58.6 Å². The lowest BCUT2D eigenvalue weighted by atomic mass is 10.1. The van der Waals surface area contributed by atoms with E-state index in [1.165, 1.54) is 24.9 Å². The molecule has 1 aromatic rings. The third-order valence-electron chi connectivity index (χ3n) is 3.32. The minimum atomic E-state index is -0.409. The van der Waals surface area contributed by atoms with Gasteiger partial charge in [0.25, 0.3) is 0 Å². The first-order valence-corrected chi connectivity index (χ1v) is 7.11. The SMILES string of the molecule is CCCCCN(c1ccccc1C(C)O)C(C)C. The molecule has 0 aliphatic heterocycles. The first kappa shape index (κ1) is 15.0. The summed E-state index contributed by atoms with van der Waals surface area (Å²) in [6.07, 6.45) is 3.31. The number of para-hydroxylation sites is 1. The third-order valence-corrected chi connectivity index (χ3v) is 3.32. The van der Waals surface area contributed by atoms with Crippen LogP contribution in [0, 0.1) is 0 Å². The van der Waals surface area contributed by atoms with Crippen LogP contribution < -0.4 is 4.90 Å². The van der Waals surface area contributed by atoms with Gasteiger partial charge in [0.15, 0.2) is 0 Å². The highest BCUT2D eigenvalue weighted by Crippen LogP contribution is 2.27. The summed E-state index contributed by atoms with van der Waals surface area (Å²) in [4.78, 5) is 2.40. The molecule has 0 bridgehead atoms. The fourth-order valence-corrected chi connectivity index (χ4v) is 2.29. The van der Waals surface area contributed by atoms with Gasteiger partial charge in [-0.15, -0.1) is 0 Å². The quantitative estimate of drug-likeness (QED) is 0.734. The van der Waals surface area contributed by atoms with Gasteiger partial charge in [-0.1, -0.05) is 38.0 Å². The molecule has 102 valence electrons. The Morgan fingerprint density at radius 2 is 1.78 bits per heavy atom. The third kappa shape index (κ3) is 4.02. The number of benzene rings is 1. The van der Waals surface area contributed by atoms with Crippen LogP contribution in [0.25, 0.3) is 0 Å². The van der Waals surface area contributed by atoms with Gasteiger partial charge in [-0.05, 0) is 33.3 Å². The molecule has 0 aromatic heterocycles. The molecule has 1 rings (SSSR count). The molecule has 1 unspecified atom stereocenters. The van der Waals surface area contributed by atoms with Crippen molar-refractivity contribution < 1.29 is 5.11 Å². The number of unbranched alkanes of at least 4 members (excludes halogenated alkanes) is 2. The van der Waals surface area contributed by atoms with Crippen LogP contribution in [0.2, 0.25) is 0 Å². The topological polar surface area (TPSA) is 23.5 Å². The summed E-state index contributed by atoms with van der Waals surface area (Å²) in [5.74, 6) is 0. The van der Waals surface area contributed by atoms with E-state index in [-0.39, 0.29) is 0 Å². The molecule has 0 spiro atoms. The largest absolute Gasteiger partial charge is 0.389 e. The zero-order chi connectivity index (χ0) is 13.5. The van der Waals surface area contributed by atoms with E-state index < -0.39 is 6.10 Å². The zero-order valence-corrected chi connectivity index (χ0v) is 12.2. The van der Waals surface area contributed by atoms with Gasteiger partial charge >= 0.3 is 0 Å². The van der Waals surface area contributed by atoms with Crippen molar-refractivity contribution in [3.05, 3.63) is 29.8 Å². The van der Waals surface area contributed by atoms with Crippen molar-refractivity contribution in [3.8, 4) is 0 Å². The van der Waals surface area contributed by atoms with E-state index in [1.54, 1.807) is 0 Å². The molecule has 2 nitrogen and oxygen atoms in total. The second kappa shape index (κ2) is 7.42. The second-order valence-corrected chi connectivity index (χ2v) is 5.23. The van der Waals surface area contributed by atoms with Gasteiger partial charge in [0.2, 0.25) is 0 Å². The molecule has 0 aliphatic rings. The molecular formula is C16H27NO. The average Bonchev–Trinajstić information content (AvgIpc) is 2.34. The summed E-state index contributed by atoms with van der Waals surface area (Å²) >= 11 is 0. The molecular weight excluding hydrogens is 222 g/mol. The van der Waals surface area contributed by atoms with E-state index in [0.29, 0.717) is 6.04 Å². The summed E-state index contributed by atoms with van der Waals surface area (Å²) < 4.78 is 0. The number of hydrogen-bond acceptors (Lipinski definition) is 2. The number of rotatable bonds is 7. The molecule has 0 saturated carbocycles. The number of anilines is 1. The molecule has 0 fully saturated rings. The summed E-state index contributed by atoms with van der Waals surface area (Å²) in [5.41, 5.74) is 2.21. The first-order valence-electron chi connectivity index (χ1n) is 7.11. The van der Waals surface area contributed by atoms with Gasteiger partial charge in [-0.3, -0.25) is 0 Å². The van der Waals surface area contributed by atoms with Crippen molar-refractivity contribution in [1.29, 1.82) is 0 Å². The predicted molar refractivity (Wildman–Crippen MR) is 79.1 cm³/mol. The minimum Gasteiger partial charge on any atom is -0.389 e. The number of nitrogens with zero attached hydrogens (tertiary/aromatic N) is 1. The zero-order valence-electron chi connectivity index (χ0n) is 12.2. The molecule has 1 atom stereocenters. The Bertz CT molecular complexity index is 347. The van der Waals surface area contributed by atoms with Crippen molar-refractivity contribution in [2.75, 3.05) is 11.4 Å². The normalized spacial score (nSPS) is 12.8. The Labute approximate surface area is 112 Å². The van der Waals surface area contributed by atoms with Crippen molar-refractivity contribution in [2.45, 2.75) is 59.1 Å². The lowest BCUT2D eigenvalue weighted by Crippen LogP contribution is -2.32. The van der Waals surface area contributed by atoms with Gasteiger partial charge < -0.3 is 10.0 Å². The van der Waals surface area contributed by atoms with Crippen LogP contribution in [0.4, 0.5) is 5.69 Å². The lowest BCUT2D eigenvalue weighted by molar-refractivity contribution is 0.199. The Kier molecular flexibility index (Phi) is 6.20. The molecule has 0 saturated heterocycles. The van der Waals surface area contributed by atoms with E-state index in [4.69, 9.17) is 0 Å². The van der Waals surface area contributed by atoms with Gasteiger partial charge in [0.1, 0.15) is 0 Å². The molecule has 1 N–H and O–H groups in total. The fourth-order valence-electron chi connectivity index (χ4n) is 2.29. The summed E-state index contributed by atoms with van der Waals surface area (Å²) in [7, 11) is 0. The smallest absolute Gasteiger partial charge is 0.0781 e. The first-order chi connectivity index (χ1) is 8.57. The van der Waals surface area contributed by atoms with Crippen molar-refractivity contribution in [3.63, 3.8) is 0 Å². The van der Waals surface area contributed by atoms with Gasteiger partial charge in [0.05, 0.1) is 6.10 Å². The maximum Gasteiger partial charge on any atom is 0.0781 e. The average molecular weight is 249 g/mol. The second-order valence-electron chi connectivity index (χ2n) is 5.23. The molecule has 0 radical (unpaired) electrons. The highest BCUT2D eigenvalue weighted by atomic mass is 16.3. The Morgan fingerprint density at radius 1 is 1.11 bits per heavy atom. The maximum atomic E-state index is 9.88. The van der Waals surface area contributed by atoms with E-state index in [9.17, 15) is 5.11 Å². The van der Waals surface area contributed by atoms with Crippen LogP contribution in [-0.4, -0.2) is 17.7 Å². The van der Waals surface area contributed by atoms with Gasteiger partial charge in [-0.2, -0.15) is 0 Å². The Morgan fingerprint density at radius 3 is 2.33 bits per heavy atom. The van der Waals surface area contributed by atoms with E-state index >= 15 is 0 Å². The number of aliphatic hydroxyl groups is 1. The van der Waals surface area contributed by atoms with Crippen LogP contribution >= 0.6 is 0 Å². The summed E-state index contributed by atoms with van der Waals surface area (Å²) in [6.45, 7) is 9.55. The Balaban J connectivity index is 2.91. The summed E-state index contributed by atoms with van der Waals surface area (Å²) in [6, 6.07) is 8.65. The van der Waals surface area contributed by atoms with Crippen molar-refractivity contribution in [2.24, 2.45) is 0 Å². The van der Waals surface area contributed by atoms with E-state index in [0.717, 1.165) is 12.1 Å². The Hall–Kier alpha value is -1.02. The molecule has 0 heterocycles. The summed E-state index contributed by atoms with van der Waals surface area (Å²) in [5, 5.41) is 9.88. The van der Waals surface area contributed by atoms with Crippen LogP contribution in [0.15, 0.2) is 24.3 Å². The van der Waals surface area contributed by atoms with Crippen LogP contribution in [-0.2, 0) is 0 Å². The monoisotopic (exact) mass is 249 g/mol. The minimum absolute atomic E-state index is 0.409. The fraction of sp³-hybridized carbons (Fsp3) is 0.625. The highest BCUT2D eigenvalue weighted by Gasteiger charge is 2.15. The number of hydrogen-bond donors (Lipinski definition) is 1. The maximum absolute atomic E-state index is 9.88. The highest BCUT2D eigenvalue weighted by molar-refractivity contribution is 5.55. The predicted octanol–water partition coefficient (Wildman–Crippen LogP) is 4.14. The van der Waals surface area contributed by atoms with Crippen LogP contribution in [0.3, 0.4) is 0 Å². The number of aliphatic hydroxyl groups excluding tert-OH is 1. The van der Waals surface area contributed by atoms with Crippen molar-refractivity contribution >= 4 is 5.69 Å². The molecule has 0 aliphatic carbocycles. The standard InChI is InChI=1S/C16H27NO/c1-5-6-9-12-17(13(2)3)16-11-8-7-10-15(16)14(4)18/h7-8,10-11,13-14,18H,5-6,9,12H2,1-4H3.